The third kappa shape index (κ3) is 3.42. The summed E-state index contributed by atoms with van der Waals surface area (Å²) in [5.41, 5.74) is 1.10. The van der Waals surface area contributed by atoms with E-state index in [0.29, 0.717) is 22.2 Å². The zero-order valence-corrected chi connectivity index (χ0v) is 13.8. The van der Waals surface area contributed by atoms with Gasteiger partial charge in [0.1, 0.15) is 4.88 Å². The summed E-state index contributed by atoms with van der Waals surface area (Å²) < 4.78 is 0. The van der Waals surface area contributed by atoms with E-state index in [1.807, 2.05) is 17.3 Å². The largest absolute Gasteiger partial charge is 0.338 e. The second-order valence-electron chi connectivity index (χ2n) is 5.71. The van der Waals surface area contributed by atoms with E-state index in [-0.39, 0.29) is 11.8 Å². The molecule has 2 amide bonds. The summed E-state index contributed by atoms with van der Waals surface area (Å²) in [6, 6.07) is 5.38. The highest BCUT2D eigenvalue weighted by atomic mass is 32.1. The van der Waals surface area contributed by atoms with Gasteiger partial charge in [0.2, 0.25) is 0 Å². The lowest BCUT2D eigenvalue weighted by Crippen LogP contribution is -2.35. The van der Waals surface area contributed by atoms with Gasteiger partial charge in [-0.05, 0) is 36.4 Å². The quantitative estimate of drug-likeness (QED) is 0.935. The number of carbonyl (C=O) groups excluding carboxylic acids is 2. The molecule has 1 aliphatic rings. The van der Waals surface area contributed by atoms with E-state index in [9.17, 15) is 9.59 Å². The number of nitrogens with one attached hydrogen (secondary N) is 1. The van der Waals surface area contributed by atoms with Crippen LogP contribution in [-0.4, -0.2) is 34.8 Å². The van der Waals surface area contributed by atoms with Crippen molar-refractivity contribution in [2.24, 2.45) is 0 Å². The molecule has 0 unspecified atom stereocenters. The molecular weight excluding hydrogens is 310 g/mol. The summed E-state index contributed by atoms with van der Waals surface area (Å²) in [5, 5.41) is 4.66. The Morgan fingerprint density at radius 2 is 1.91 bits per heavy atom. The van der Waals surface area contributed by atoms with Gasteiger partial charge in [-0.2, -0.15) is 0 Å². The van der Waals surface area contributed by atoms with Gasteiger partial charge in [-0.3, -0.25) is 14.6 Å². The molecule has 1 aliphatic carbocycles. The van der Waals surface area contributed by atoms with Crippen LogP contribution in [0, 0.1) is 0 Å². The van der Waals surface area contributed by atoms with Gasteiger partial charge >= 0.3 is 0 Å². The molecule has 0 spiro atoms. The standard InChI is InChI=1S/C17H19N3O2S/c1-20(13-4-2-3-5-13)17(22)15-14(8-11-23-15)19-16(21)12-6-9-18-10-7-12/h6-11,13H,2-5H2,1H3,(H,19,21). The van der Waals surface area contributed by atoms with Gasteiger partial charge in [-0.15, -0.1) is 11.3 Å². The first-order valence-corrected chi connectivity index (χ1v) is 8.61. The molecule has 2 heterocycles. The Labute approximate surface area is 139 Å². The highest BCUT2D eigenvalue weighted by molar-refractivity contribution is 7.12. The van der Waals surface area contributed by atoms with Crippen LogP contribution in [0.2, 0.25) is 0 Å². The number of carbonyl (C=O) groups is 2. The van der Waals surface area contributed by atoms with Crippen LogP contribution in [0.25, 0.3) is 0 Å². The predicted molar refractivity (Wildman–Crippen MR) is 90.9 cm³/mol. The lowest BCUT2D eigenvalue weighted by atomic mass is 10.2. The number of amides is 2. The first-order chi connectivity index (χ1) is 11.2. The topological polar surface area (TPSA) is 62.3 Å². The fourth-order valence-corrected chi connectivity index (χ4v) is 3.72. The minimum atomic E-state index is -0.233. The summed E-state index contributed by atoms with van der Waals surface area (Å²) >= 11 is 1.36. The van der Waals surface area contributed by atoms with Crippen LogP contribution in [-0.2, 0) is 0 Å². The number of aromatic nitrogens is 1. The van der Waals surface area contributed by atoms with Crippen LogP contribution in [0.15, 0.2) is 36.0 Å². The first kappa shape index (κ1) is 15.7. The number of hydrogen-bond acceptors (Lipinski definition) is 4. The van der Waals surface area contributed by atoms with Crippen LogP contribution in [0.1, 0.15) is 45.7 Å². The van der Waals surface area contributed by atoms with Crippen molar-refractivity contribution >= 4 is 28.8 Å². The minimum Gasteiger partial charge on any atom is -0.338 e. The fraction of sp³-hybridized carbons (Fsp3) is 0.353. The van der Waals surface area contributed by atoms with Gasteiger partial charge in [0.25, 0.3) is 11.8 Å². The van der Waals surface area contributed by atoms with Crippen molar-refractivity contribution < 1.29 is 9.59 Å². The first-order valence-electron chi connectivity index (χ1n) is 7.73. The van der Waals surface area contributed by atoms with Gasteiger partial charge < -0.3 is 10.2 Å². The van der Waals surface area contributed by atoms with Gasteiger partial charge in [-0.25, -0.2) is 0 Å². The summed E-state index contributed by atoms with van der Waals surface area (Å²) in [6.07, 6.45) is 7.63. The fourth-order valence-electron chi connectivity index (χ4n) is 2.89. The average Bonchev–Trinajstić information content (AvgIpc) is 3.26. The number of rotatable bonds is 4. The highest BCUT2D eigenvalue weighted by Gasteiger charge is 2.26. The smallest absolute Gasteiger partial charge is 0.266 e. The molecule has 5 nitrogen and oxygen atoms in total. The van der Waals surface area contributed by atoms with Crippen LogP contribution in [0.5, 0.6) is 0 Å². The van der Waals surface area contributed by atoms with Crippen molar-refractivity contribution in [1.82, 2.24) is 9.88 Å². The number of anilines is 1. The van der Waals surface area contributed by atoms with Crippen molar-refractivity contribution in [1.29, 1.82) is 0 Å². The van der Waals surface area contributed by atoms with E-state index in [0.717, 1.165) is 12.8 Å². The lowest BCUT2D eigenvalue weighted by molar-refractivity contribution is 0.0741. The van der Waals surface area contributed by atoms with E-state index < -0.39 is 0 Å². The highest BCUT2D eigenvalue weighted by Crippen LogP contribution is 2.28. The van der Waals surface area contributed by atoms with E-state index in [1.165, 1.54) is 24.2 Å². The molecule has 23 heavy (non-hydrogen) atoms. The van der Waals surface area contributed by atoms with E-state index in [4.69, 9.17) is 0 Å². The normalized spacial score (nSPS) is 14.7. The summed E-state index contributed by atoms with van der Waals surface area (Å²) in [6.45, 7) is 0. The molecule has 1 saturated carbocycles. The van der Waals surface area contributed by atoms with E-state index >= 15 is 0 Å². The Hall–Kier alpha value is -2.21. The lowest BCUT2D eigenvalue weighted by Gasteiger charge is -2.24. The molecule has 0 bridgehead atoms. The average molecular weight is 329 g/mol. The number of thiophene rings is 1. The molecule has 0 aliphatic heterocycles. The summed E-state index contributed by atoms with van der Waals surface area (Å²) in [7, 11) is 1.85. The molecule has 1 fully saturated rings. The third-order valence-corrected chi connectivity index (χ3v) is 5.15. The van der Waals surface area contributed by atoms with Crippen molar-refractivity contribution in [3.8, 4) is 0 Å². The molecule has 0 radical (unpaired) electrons. The van der Waals surface area contributed by atoms with Crippen molar-refractivity contribution in [3.63, 3.8) is 0 Å². The third-order valence-electron chi connectivity index (χ3n) is 4.24. The van der Waals surface area contributed by atoms with Gasteiger partial charge in [0.15, 0.2) is 0 Å². The summed E-state index contributed by atoms with van der Waals surface area (Å²) in [4.78, 5) is 31.3. The van der Waals surface area contributed by atoms with Gasteiger partial charge in [0.05, 0.1) is 5.69 Å². The van der Waals surface area contributed by atoms with Crippen molar-refractivity contribution in [2.75, 3.05) is 12.4 Å². The molecule has 1 N–H and O–H groups in total. The number of nitrogens with zero attached hydrogens (tertiary/aromatic N) is 2. The maximum Gasteiger partial charge on any atom is 0.266 e. The molecule has 120 valence electrons. The minimum absolute atomic E-state index is 0.0167. The SMILES string of the molecule is CN(C(=O)c1sccc1NC(=O)c1ccncc1)C1CCCC1. The predicted octanol–water partition coefficient (Wildman–Crippen LogP) is 3.41. The maximum atomic E-state index is 12.7. The van der Waals surface area contributed by atoms with E-state index in [2.05, 4.69) is 10.3 Å². The molecule has 0 atom stereocenters. The van der Waals surface area contributed by atoms with Crippen molar-refractivity contribution in [3.05, 3.63) is 46.4 Å². The molecule has 0 aromatic carbocycles. The maximum absolute atomic E-state index is 12.7. The van der Waals surface area contributed by atoms with Crippen molar-refractivity contribution in [2.45, 2.75) is 31.7 Å². The molecule has 2 aromatic heterocycles. The molecule has 2 aromatic rings. The Kier molecular flexibility index (Phi) is 4.71. The monoisotopic (exact) mass is 329 g/mol. The zero-order chi connectivity index (χ0) is 16.2. The second-order valence-corrected chi connectivity index (χ2v) is 6.62. The van der Waals surface area contributed by atoms with E-state index in [1.54, 1.807) is 30.6 Å². The van der Waals surface area contributed by atoms with Crippen LogP contribution in [0.4, 0.5) is 5.69 Å². The van der Waals surface area contributed by atoms with Crippen LogP contribution < -0.4 is 5.32 Å². The molecule has 0 saturated heterocycles. The van der Waals surface area contributed by atoms with Gasteiger partial charge in [-0.1, -0.05) is 12.8 Å². The Bertz CT molecular complexity index is 693. The molecular formula is C17H19N3O2S. The van der Waals surface area contributed by atoms with Crippen LogP contribution >= 0.6 is 11.3 Å². The zero-order valence-electron chi connectivity index (χ0n) is 13.0. The number of pyridine rings is 1. The Morgan fingerprint density at radius 1 is 1.22 bits per heavy atom. The van der Waals surface area contributed by atoms with Gasteiger partial charge in [0, 0.05) is 31.0 Å². The second kappa shape index (κ2) is 6.91. The molecule has 3 rings (SSSR count). The molecule has 6 heteroatoms. The van der Waals surface area contributed by atoms with Crippen LogP contribution in [0.3, 0.4) is 0 Å². The Balaban J connectivity index is 1.74. The number of hydrogen-bond donors (Lipinski definition) is 1. The summed E-state index contributed by atoms with van der Waals surface area (Å²) in [5.74, 6) is -0.250. The Morgan fingerprint density at radius 3 is 2.61 bits per heavy atom.